The van der Waals surface area contributed by atoms with E-state index in [0.29, 0.717) is 0 Å². The number of nitrogens with two attached hydrogens (primary N) is 2. The molecule has 0 aliphatic heterocycles. The van der Waals surface area contributed by atoms with Crippen LogP contribution in [0.15, 0.2) is 4.99 Å². The van der Waals surface area contributed by atoms with E-state index in [1.165, 1.54) is 0 Å². The second-order valence-corrected chi connectivity index (χ2v) is 1.42. The molecule has 0 heterocycles. The predicted octanol–water partition coefficient (Wildman–Crippen LogP) is -2.09. The standard InChI is InChI=1S/C4H7N3O3/c5-1-2(6)7-3(8)4(9)10/h1,5H2,(H,9,10)(H2,6,7,8). The Morgan fingerprint density at radius 1 is 1.50 bits per heavy atom. The number of hydrogen-bond donors (Lipinski definition) is 3. The number of carbonyl (C=O) groups excluding carboxylic acids is 1. The number of carboxylic acid groups (broad SMARTS) is 1. The van der Waals surface area contributed by atoms with E-state index in [1.54, 1.807) is 0 Å². The lowest BCUT2D eigenvalue weighted by Crippen LogP contribution is -2.26. The fourth-order valence-electron chi connectivity index (χ4n) is 0.224. The first-order valence-corrected chi connectivity index (χ1v) is 2.38. The number of amides is 1. The van der Waals surface area contributed by atoms with Gasteiger partial charge in [0, 0.05) is 0 Å². The molecule has 0 spiro atoms. The van der Waals surface area contributed by atoms with E-state index < -0.39 is 11.9 Å². The Balaban J connectivity index is 4.13. The lowest BCUT2D eigenvalue weighted by molar-refractivity contribution is -0.148. The molecule has 0 aromatic rings. The van der Waals surface area contributed by atoms with Crippen molar-refractivity contribution in [2.24, 2.45) is 16.5 Å². The average Bonchev–Trinajstić information content (AvgIpc) is 1.87. The van der Waals surface area contributed by atoms with Crippen LogP contribution in [0.1, 0.15) is 0 Å². The number of aliphatic imine (C=N–C) groups is 1. The Labute approximate surface area is 56.5 Å². The Morgan fingerprint density at radius 2 is 2.00 bits per heavy atom. The largest absolute Gasteiger partial charge is 0.474 e. The normalized spacial score (nSPS) is 11.1. The fraction of sp³-hybridized carbons (Fsp3) is 0.250. The Morgan fingerprint density at radius 3 is 2.30 bits per heavy atom. The maximum absolute atomic E-state index is 10.2. The molecule has 10 heavy (non-hydrogen) atoms. The molecule has 1 amide bonds. The third kappa shape index (κ3) is 2.78. The lowest BCUT2D eigenvalue weighted by atomic mass is 10.5. The Hall–Kier alpha value is -1.43. The van der Waals surface area contributed by atoms with Crippen LogP contribution in [-0.4, -0.2) is 29.4 Å². The number of carbonyl (C=O) groups is 2. The molecule has 0 saturated heterocycles. The Bertz CT molecular complexity index is 186. The van der Waals surface area contributed by atoms with Crippen LogP contribution >= 0.6 is 0 Å². The molecule has 0 aromatic heterocycles. The first-order valence-electron chi connectivity index (χ1n) is 2.38. The van der Waals surface area contributed by atoms with Gasteiger partial charge >= 0.3 is 11.9 Å². The molecule has 0 fully saturated rings. The molecule has 0 rings (SSSR count). The van der Waals surface area contributed by atoms with Crippen LogP contribution in [0.4, 0.5) is 0 Å². The first kappa shape index (κ1) is 8.57. The van der Waals surface area contributed by atoms with Gasteiger partial charge in [-0.25, -0.2) is 4.79 Å². The summed E-state index contributed by atoms with van der Waals surface area (Å²) in [6.45, 7) is -0.126. The minimum atomic E-state index is -1.64. The summed E-state index contributed by atoms with van der Waals surface area (Å²) < 4.78 is 0. The van der Waals surface area contributed by atoms with Crippen molar-refractivity contribution in [2.45, 2.75) is 0 Å². The van der Waals surface area contributed by atoms with Gasteiger partial charge in [0.05, 0.1) is 6.54 Å². The average molecular weight is 145 g/mol. The summed E-state index contributed by atoms with van der Waals surface area (Å²) >= 11 is 0. The van der Waals surface area contributed by atoms with Crippen molar-refractivity contribution in [2.75, 3.05) is 6.54 Å². The molecule has 0 aromatic carbocycles. The summed E-state index contributed by atoms with van der Waals surface area (Å²) in [6, 6.07) is 0. The van der Waals surface area contributed by atoms with Gasteiger partial charge in [0.25, 0.3) is 0 Å². The van der Waals surface area contributed by atoms with Gasteiger partial charge in [0.1, 0.15) is 5.84 Å². The van der Waals surface area contributed by atoms with Crippen LogP contribution in [0.2, 0.25) is 0 Å². The van der Waals surface area contributed by atoms with E-state index in [-0.39, 0.29) is 12.4 Å². The number of carboxylic acids is 1. The highest BCUT2D eigenvalue weighted by Gasteiger charge is 2.08. The SMILES string of the molecule is NCC(N)=NC(=O)C(=O)O. The molecule has 6 heteroatoms. The number of rotatable bonds is 1. The van der Waals surface area contributed by atoms with Gasteiger partial charge in [-0.15, -0.1) is 0 Å². The van der Waals surface area contributed by atoms with Crippen molar-refractivity contribution in [3.05, 3.63) is 0 Å². The molecule has 0 aliphatic carbocycles. The topological polar surface area (TPSA) is 119 Å². The number of amidine groups is 1. The third-order valence-electron chi connectivity index (χ3n) is 0.637. The lowest BCUT2D eigenvalue weighted by Gasteiger charge is -1.89. The summed E-state index contributed by atoms with van der Waals surface area (Å²) in [4.78, 5) is 22.9. The van der Waals surface area contributed by atoms with Crippen LogP contribution in [0.25, 0.3) is 0 Å². The van der Waals surface area contributed by atoms with Crippen LogP contribution in [-0.2, 0) is 9.59 Å². The van der Waals surface area contributed by atoms with Crippen molar-refractivity contribution in [1.82, 2.24) is 0 Å². The third-order valence-corrected chi connectivity index (χ3v) is 0.637. The van der Waals surface area contributed by atoms with Gasteiger partial charge in [0.15, 0.2) is 0 Å². The zero-order valence-electron chi connectivity index (χ0n) is 5.07. The molecule has 5 N–H and O–H groups in total. The molecular weight excluding hydrogens is 138 g/mol. The van der Waals surface area contributed by atoms with Gasteiger partial charge in [-0.1, -0.05) is 0 Å². The van der Waals surface area contributed by atoms with Gasteiger partial charge in [0.2, 0.25) is 0 Å². The summed E-state index contributed by atoms with van der Waals surface area (Å²) in [6.07, 6.45) is 0. The Kier molecular flexibility index (Phi) is 3.06. The van der Waals surface area contributed by atoms with Crippen LogP contribution in [0.5, 0.6) is 0 Å². The zero-order chi connectivity index (χ0) is 8.15. The molecule has 0 unspecified atom stereocenters. The fourth-order valence-corrected chi connectivity index (χ4v) is 0.224. The summed E-state index contributed by atoms with van der Waals surface area (Å²) in [5, 5.41) is 7.97. The minimum Gasteiger partial charge on any atom is -0.474 e. The molecule has 0 radical (unpaired) electrons. The molecule has 0 bridgehead atoms. The molecular formula is C4H7N3O3. The monoisotopic (exact) mass is 145 g/mol. The van der Waals surface area contributed by atoms with Crippen LogP contribution < -0.4 is 11.5 Å². The van der Waals surface area contributed by atoms with Gasteiger partial charge < -0.3 is 16.6 Å². The highest BCUT2D eigenvalue weighted by molar-refractivity contribution is 6.33. The zero-order valence-corrected chi connectivity index (χ0v) is 5.07. The summed E-state index contributed by atoms with van der Waals surface area (Å²) in [5.74, 6) is -3.13. The minimum absolute atomic E-state index is 0.126. The van der Waals surface area contributed by atoms with Crippen molar-refractivity contribution < 1.29 is 14.7 Å². The number of aliphatic carboxylic acids is 1. The second kappa shape index (κ2) is 3.57. The van der Waals surface area contributed by atoms with Crippen molar-refractivity contribution in [3.63, 3.8) is 0 Å². The maximum atomic E-state index is 10.2. The van der Waals surface area contributed by atoms with E-state index in [4.69, 9.17) is 16.6 Å². The predicted molar refractivity (Wildman–Crippen MR) is 33.3 cm³/mol. The smallest absolute Gasteiger partial charge is 0.396 e. The highest BCUT2D eigenvalue weighted by Crippen LogP contribution is 1.74. The van der Waals surface area contributed by atoms with Crippen molar-refractivity contribution >= 4 is 17.7 Å². The first-order chi connectivity index (χ1) is 4.57. The van der Waals surface area contributed by atoms with Gasteiger partial charge in [-0.2, -0.15) is 4.99 Å². The van der Waals surface area contributed by atoms with E-state index in [0.717, 1.165) is 0 Å². The number of nitrogens with zero attached hydrogens (tertiary/aromatic N) is 1. The van der Waals surface area contributed by atoms with Gasteiger partial charge in [-0.05, 0) is 0 Å². The van der Waals surface area contributed by atoms with E-state index in [2.05, 4.69) is 4.99 Å². The van der Waals surface area contributed by atoms with E-state index >= 15 is 0 Å². The van der Waals surface area contributed by atoms with Gasteiger partial charge in [-0.3, -0.25) is 4.79 Å². The van der Waals surface area contributed by atoms with Crippen LogP contribution in [0, 0.1) is 0 Å². The van der Waals surface area contributed by atoms with Crippen molar-refractivity contribution in [3.8, 4) is 0 Å². The van der Waals surface area contributed by atoms with Crippen molar-refractivity contribution in [1.29, 1.82) is 0 Å². The quantitative estimate of drug-likeness (QED) is 0.222. The molecule has 6 nitrogen and oxygen atoms in total. The van der Waals surface area contributed by atoms with E-state index in [9.17, 15) is 9.59 Å². The second-order valence-electron chi connectivity index (χ2n) is 1.42. The molecule has 0 atom stereocenters. The maximum Gasteiger partial charge on any atom is 0.396 e. The summed E-state index contributed by atoms with van der Waals surface area (Å²) in [7, 11) is 0. The van der Waals surface area contributed by atoms with Crippen LogP contribution in [0.3, 0.4) is 0 Å². The molecule has 0 aliphatic rings. The number of hydrogen-bond acceptors (Lipinski definition) is 3. The summed E-state index contributed by atoms with van der Waals surface area (Å²) in [5.41, 5.74) is 9.87. The highest BCUT2D eigenvalue weighted by atomic mass is 16.4. The molecule has 56 valence electrons. The molecule has 0 saturated carbocycles. The van der Waals surface area contributed by atoms with E-state index in [1.807, 2.05) is 0 Å².